The molecule has 1 N–H and O–H groups in total. The van der Waals surface area contributed by atoms with E-state index in [-0.39, 0.29) is 0 Å². The molecule has 15 heavy (non-hydrogen) atoms. The van der Waals surface area contributed by atoms with Crippen molar-refractivity contribution in [1.29, 1.82) is 0 Å². The molecule has 0 aliphatic rings. The molecule has 0 radical (unpaired) electrons. The van der Waals surface area contributed by atoms with Crippen LogP contribution in [0.15, 0.2) is 27.4 Å². The molecule has 0 aliphatic carbocycles. The first kappa shape index (κ1) is 11.3. The SMILES string of the molecule is CNC(c1cccs1)c1cc(Br)sc1C. The van der Waals surface area contributed by atoms with Crippen molar-refractivity contribution in [2.45, 2.75) is 13.0 Å². The quantitative estimate of drug-likeness (QED) is 0.896. The molecule has 0 saturated carbocycles. The van der Waals surface area contributed by atoms with Crippen LogP contribution in [0.3, 0.4) is 0 Å². The Morgan fingerprint density at radius 3 is 2.73 bits per heavy atom. The monoisotopic (exact) mass is 301 g/mol. The minimum Gasteiger partial charge on any atom is -0.309 e. The summed E-state index contributed by atoms with van der Waals surface area (Å²) in [6, 6.07) is 6.81. The fourth-order valence-electron chi connectivity index (χ4n) is 1.65. The van der Waals surface area contributed by atoms with Crippen LogP contribution in [0.5, 0.6) is 0 Å². The summed E-state index contributed by atoms with van der Waals surface area (Å²) in [6.07, 6.45) is 0. The molecular weight excluding hydrogens is 290 g/mol. The van der Waals surface area contributed by atoms with E-state index < -0.39 is 0 Å². The van der Waals surface area contributed by atoms with E-state index in [1.807, 2.05) is 7.05 Å². The lowest BCUT2D eigenvalue weighted by molar-refractivity contribution is 0.703. The Morgan fingerprint density at radius 1 is 1.47 bits per heavy atom. The highest BCUT2D eigenvalue weighted by atomic mass is 79.9. The van der Waals surface area contributed by atoms with Gasteiger partial charge in [-0.1, -0.05) is 6.07 Å². The third-order valence-electron chi connectivity index (χ3n) is 2.35. The average Bonchev–Trinajstić information content (AvgIpc) is 2.79. The maximum atomic E-state index is 3.54. The van der Waals surface area contributed by atoms with Crippen molar-refractivity contribution >= 4 is 38.6 Å². The highest BCUT2D eigenvalue weighted by Crippen LogP contribution is 2.34. The fraction of sp³-hybridized carbons (Fsp3) is 0.273. The van der Waals surface area contributed by atoms with Gasteiger partial charge in [0.2, 0.25) is 0 Å². The topological polar surface area (TPSA) is 12.0 Å². The minimum atomic E-state index is 0.326. The van der Waals surface area contributed by atoms with Crippen LogP contribution in [0.25, 0.3) is 0 Å². The van der Waals surface area contributed by atoms with Gasteiger partial charge in [-0.15, -0.1) is 22.7 Å². The van der Waals surface area contributed by atoms with Crippen molar-refractivity contribution in [2.24, 2.45) is 0 Å². The number of thiophene rings is 2. The van der Waals surface area contributed by atoms with Crippen molar-refractivity contribution in [3.05, 3.63) is 42.7 Å². The van der Waals surface area contributed by atoms with E-state index in [9.17, 15) is 0 Å². The zero-order valence-corrected chi connectivity index (χ0v) is 11.8. The number of hydrogen-bond acceptors (Lipinski definition) is 3. The Balaban J connectivity index is 2.39. The molecule has 2 heterocycles. The molecule has 2 rings (SSSR count). The number of rotatable bonds is 3. The Hall–Kier alpha value is -0.160. The molecule has 0 aromatic carbocycles. The van der Waals surface area contributed by atoms with Gasteiger partial charge in [-0.05, 0) is 53.0 Å². The fourth-order valence-corrected chi connectivity index (χ4v) is 4.25. The van der Waals surface area contributed by atoms with Gasteiger partial charge in [-0.2, -0.15) is 0 Å². The van der Waals surface area contributed by atoms with Crippen molar-refractivity contribution < 1.29 is 0 Å². The van der Waals surface area contributed by atoms with Crippen LogP contribution in [0.4, 0.5) is 0 Å². The van der Waals surface area contributed by atoms with E-state index >= 15 is 0 Å². The lowest BCUT2D eigenvalue weighted by Gasteiger charge is -2.14. The molecule has 1 atom stereocenters. The number of hydrogen-bond donors (Lipinski definition) is 1. The minimum absolute atomic E-state index is 0.326. The van der Waals surface area contributed by atoms with Crippen LogP contribution in [0.1, 0.15) is 21.4 Å². The van der Waals surface area contributed by atoms with Gasteiger partial charge < -0.3 is 5.32 Å². The standard InChI is InChI=1S/C11H12BrNS2/c1-7-8(6-10(12)15-7)11(13-2)9-4-3-5-14-9/h3-6,11,13H,1-2H3. The molecule has 2 aromatic rings. The van der Waals surface area contributed by atoms with E-state index in [1.54, 1.807) is 22.7 Å². The van der Waals surface area contributed by atoms with Gasteiger partial charge in [0.25, 0.3) is 0 Å². The molecule has 0 amide bonds. The Bertz CT molecular complexity index is 433. The molecule has 0 aliphatic heterocycles. The zero-order valence-electron chi connectivity index (χ0n) is 8.58. The second-order valence-corrected chi connectivity index (χ2v) is 6.91. The molecule has 0 saturated heterocycles. The molecule has 1 unspecified atom stereocenters. The van der Waals surface area contributed by atoms with Crippen molar-refractivity contribution in [2.75, 3.05) is 7.05 Å². The first-order valence-electron chi connectivity index (χ1n) is 4.69. The van der Waals surface area contributed by atoms with Crippen molar-refractivity contribution in [1.82, 2.24) is 5.32 Å². The molecule has 0 bridgehead atoms. The predicted octanol–water partition coefficient (Wildman–Crippen LogP) is 4.19. The lowest BCUT2D eigenvalue weighted by Crippen LogP contribution is -2.16. The van der Waals surface area contributed by atoms with Gasteiger partial charge in [0.05, 0.1) is 9.83 Å². The van der Waals surface area contributed by atoms with Crippen LogP contribution < -0.4 is 5.32 Å². The van der Waals surface area contributed by atoms with E-state index in [4.69, 9.17) is 0 Å². The molecule has 0 spiro atoms. The second kappa shape index (κ2) is 4.78. The number of nitrogens with one attached hydrogen (secondary N) is 1. The predicted molar refractivity (Wildman–Crippen MR) is 72.0 cm³/mol. The van der Waals surface area contributed by atoms with Crippen LogP contribution in [-0.4, -0.2) is 7.05 Å². The smallest absolute Gasteiger partial charge is 0.0704 e. The third-order valence-corrected chi connectivity index (χ3v) is 4.86. The Morgan fingerprint density at radius 2 is 2.27 bits per heavy atom. The highest BCUT2D eigenvalue weighted by molar-refractivity contribution is 9.11. The van der Waals surface area contributed by atoms with E-state index in [0.29, 0.717) is 6.04 Å². The maximum absolute atomic E-state index is 3.54. The van der Waals surface area contributed by atoms with Gasteiger partial charge in [0.1, 0.15) is 0 Å². The summed E-state index contributed by atoms with van der Waals surface area (Å²) in [5, 5.41) is 5.49. The zero-order chi connectivity index (χ0) is 10.8. The normalized spacial score (nSPS) is 13.0. The van der Waals surface area contributed by atoms with Gasteiger partial charge in [0, 0.05) is 9.75 Å². The largest absolute Gasteiger partial charge is 0.309 e. The summed E-state index contributed by atoms with van der Waals surface area (Å²) in [5.41, 5.74) is 1.37. The summed E-state index contributed by atoms with van der Waals surface area (Å²) in [7, 11) is 2.01. The van der Waals surface area contributed by atoms with Gasteiger partial charge in [-0.3, -0.25) is 0 Å². The average molecular weight is 302 g/mol. The first-order chi connectivity index (χ1) is 7.22. The molecule has 4 heteroatoms. The molecule has 2 aromatic heterocycles. The highest BCUT2D eigenvalue weighted by Gasteiger charge is 2.17. The van der Waals surface area contributed by atoms with Crippen LogP contribution in [0.2, 0.25) is 0 Å². The van der Waals surface area contributed by atoms with Gasteiger partial charge >= 0.3 is 0 Å². The molecular formula is C11H12BrNS2. The molecule has 1 nitrogen and oxygen atoms in total. The summed E-state index contributed by atoms with van der Waals surface area (Å²) in [4.78, 5) is 2.74. The summed E-state index contributed by atoms with van der Waals surface area (Å²) in [5.74, 6) is 0. The molecule has 0 fully saturated rings. The van der Waals surface area contributed by atoms with Crippen molar-refractivity contribution in [3.8, 4) is 0 Å². The summed E-state index contributed by atoms with van der Waals surface area (Å²) >= 11 is 7.12. The van der Waals surface area contributed by atoms with Gasteiger partial charge in [-0.25, -0.2) is 0 Å². The number of aryl methyl sites for hydroxylation is 1. The van der Waals surface area contributed by atoms with E-state index in [0.717, 1.165) is 0 Å². The second-order valence-electron chi connectivity index (χ2n) is 3.30. The third kappa shape index (κ3) is 2.33. The Labute approximate surface area is 106 Å². The first-order valence-corrected chi connectivity index (χ1v) is 7.17. The summed E-state index contributed by atoms with van der Waals surface area (Å²) in [6.45, 7) is 2.17. The van der Waals surface area contributed by atoms with Gasteiger partial charge in [0.15, 0.2) is 0 Å². The summed E-state index contributed by atoms with van der Waals surface area (Å²) < 4.78 is 1.20. The van der Waals surface area contributed by atoms with Crippen LogP contribution >= 0.6 is 38.6 Å². The van der Waals surface area contributed by atoms with E-state index in [2.05, 4.69) is 51.7 Å². The number of halogens is 1. The van der Waals surface area contributed by atoms with Crippen LogP contribution in [-0.2, 0) is 0 Å². The Kier molecular flexibility index (Phi) is 3.61. The maximum Gasteiger partial charge on any atom is 0.0704 e. The van der Waals surface area contributed by atoms with Crippen LogP contribution in [0, 0.1) is 6.92 Å². The lowest BCUT2D eigenvalue weighted by atomic mass is 10.1. The van der Waals surface area contributed by atoms with Crippen molar-refractivity contribution in [3.63, 3.8) is 0 Å². The molecule has 80 valence electrons. The van der Waals surface area contributed by atoms with E-state index in [1.165, 1.54) is 19.1 Å².